The minimum Gasteiger partial charge on any atom is -0.465 e. The molecular formula is C23H18Cl2N4O3S2. The molecule has 0 aliphatic heterocycles. The molecule has 0 atom stereocenters. The molecule has 0 aliphatic carbocycles. The molecule has 0 aliphatic rings. The van der Waals surface area contributed by atoms with E-state index in [9.17, 15) is 9.59 Å². The summed E-state index contributed by atoms with van der Waals surface area (Å²) in [6.45, 7) is 0. The molecule has 174 valence electrons. The lowest BCUT2D eigenvalue weighted by Crippen LogP contribution is -2.16. The summed E-state index contributed by atoms with van der Waals surface area (Å²) in [5, 5.41) is 15.1. The highest BCUT2D eigenvalue weighted by molar-refractivity contribution is 7.99. The maximum absolute atomic E-state index is 12.7. The second-order valence-corrected chi connectivity index (χ2v) is 9.70. The molecule has 4 rings (SSSR count). The number of hydrogen-bond acceptors (Lipinski definition) is 7. The van der Waals surface area contributed by atoms with Crippen LogP contribution in [0.4, 0.5) is 5.00 Å². The van der Waals surface area contributed by atoms with Crippen LogP contribution >= 0.6 is 46.3 Å². The van der Waals surface area contributed by atoms with Gasteiger partial charge in [0, 0.05) is 28.6 Å². The average molecular weight is 533 g/mol. The third kappa shape index (κ3) is 5.12. The van der Waals surface area contributed by atoms with E-state index in [0.717, 1.165) is 11.1 Å². The Morgan fingerprint density at radius 1 is 1.09 bits per heavy atom. The van der Waals surface area contributed by atoms with Gasteiger partial charge in [0.15, 0.2) is 11.0 Å². The summed E-state index contributed by atoms with van der Waals surface area (Å²) >= 11 is 14.7. The number of methoxy groups -OCH3 is 1. The van der Waals surface area contributed by atoms with Crippen molar-refractivity contribution in [3.05, 3.63) is 69.5 Å². The lowest BCUT2D eigenvalue weighted by molar-refractivity contribution is -0.113. The first-order valence-electron chi connectivity index (χ1n) is 9.91. The van der Waals surface area contributed by atoms with Crippen LogP contribution in [0.25, 0.3) is 22.5 Å². The van der Waals surface area contributed by atoms with Crippen molar-refractivity contribution in [3.8, 4) is 22.5 Å². The summed E-state index contributed by atoms with van der Waals surface area (Å²) in [4.78, 5) is 25.2. The van der Waals surface area contributed by atoms with Gasteiger partial charge < -0.3 is 14.6 Å². The minimum atomic E-state index is -0.535. The Morgan fingerprint density at radius 2 is 1.82 bits per heavy atom. The van der Waals surface area contributed by atoms with Crippen molar-refractivity contribution in [2.75, 3.05) is 18.2 Å². The van der Waals surface area contributed by atoms with E-state index in [-0.39, 0.29) is 11.7 Å². The maximum Gasteiger partial charge on any atom is 0.341 e. The standard InChI is InChI=1S/C23H18Cl2N4O3S2/c1-29-20(15-5-3-4-6-17(15)25)27-28-23(29)34-12-18(30)26-21-19(22(31)32-2)16(11-33-21)13-7-9-14(24)10-8-13/h3-11H,12H2,1-2H3,(H,26,30). The van der Waals surface area contributed by atoms with Crippen LogP contribution in [0.3, 0.4) is 0 Å². The Hall–Kier alpha value is -2.85. The lowest BCUT2D eigenvalue weighted by Gasteiger charge is -2.08. The number of amides is 1. The van der Waals surface area contributed by atoms with Gasteiger partial charge in [-0.15, -0.1) is 21.5 Å². The number of nitrogens with zero attached hydrogens (tertiary/aromatic N) is 3. The van der Waals surface area contributed by atoms with Crippen LogP contribution in [-0.2, 0) is 16.6 Å². The van der Waals surface area contributed by atoms with Crippen molar-refractivity contribution >= 4 is 63.2 Å². The maximum atomic E-state index is 12.7. The quantitative estimate of drug-likeness (QED) is 0.231. The Balaban J connectivity index is 1.49. The summed E-state index contributed by atoms with van der Waals surface area (Å²) in [7, 11) is 3.11. The molecule has 2 aromatic heterocycles. The normalized spacial score (nSPS) is 10.8. The average Bonchev–Trinajstić information content (AvgIpc) is 3.41. The van der Waals surface area contributed by atoms with Crippen LogP contribution < -0.4 is 5.32 Å². The molecule has 2 heterocycles. The molecule has 1 amide bonds. The Morgan fingerprint density at radius 3 is 2.53 bits per heavy atom. The largest absolute Gasteiger partial charge is 0.465 e. The summed E-state index contributed by atoms with van der Waals surface area (Å²) in [6.07, 6.45) is 0. The van der Waals surface area contributed by atoms with Crippen molar-refractivity contribution in [3.63, 3.8) is 0 Å². The molecule has 0 unspecified atom stereocenters. The van der Waals surface area contributed by atoms with E-state index in [1.54, 1.807) is 28.1 Å². The number of benzene rings is 2. The fourth-order valence-electron chi connectivity index (χ4n) is 3.21. The summed E-state index contributed by atoms with van der Waals surface area (Å²) in [5.74, 6) is -0.148. The number of thioether (sulfide) groups is 1. The number of carbonyl (C=O) groups excluding carboxylic acids is 2. The zero-order valence-electron chi connectivity index (χ0n) is 18.0. The molecule has 0 spiro atoms. The molecule has 11 heteroatoms. The van der Waals surface area contributed by atoms with Crippen LogP contribution in [0.15, 0.2) is 59.1 Å². The van der Waals surface area contributed by atoms with Crippen molar-refractivity contribution in [2.24, 2.45) is 7.05 Å². The number of anilines is 1. The highest BCUT2D eigenvalue weighted by atomic mass is 35.5. The zero-order valence-corrected chi connectivity index (χ0v) is 21.2. The smallest absolute Gasteiger partial charge is 0.341 e. The number of halogens is 2. The van der Waals surface area contributed by atoms with Gasteiger partial charge in [-0.3, -0.25) is 4.79 Å². The van der Waals surface area contributed by atoms with Gasteiger partial charge in [-0.1, -0.05) is 59.2 Å². The van der Waals surface area contributed by atoms with E-state index in [1.807, 2.05) is 37.4 Å². The SMILES string of the molecule is COC(=O)c1c(-c2ccc(Cl)cc2)csc1NC(=O)CSc1nnc(-c2ccccc2Cl)n1C. The first-order chi connectivity index (χ1) is 16.4. The van der Waals surface area contributed by atoms with Crippen molar-refractivity contribution in [1.82, 2.24) is 14.8 Å². The molecule has 0 saturated carbocycles. The van der Waals surface area contributed by atoms with E-state index in [2.05, 4.69) is 15.5 Å². The van der Waals surface area contributed by atoms with Crippen molar-refractivity contribution in [1.29, 1.82) is 0 Å². The summed E-state index contributed by atoms with van der Waals surface area (Å²) in [5.41, 5.74) is 2.51. The Labute approximate surface area is 214 Å². The monoisotopic (exact) mass is 532 g/mol. The zero-order chi connectivity index (χ0) is 24.2. The van der Waals surface area contributed by atoms with E-state index >= 15 is 0 Å². The second kappa shape index (κ2) is 10.6. The van der Waals surface area contributed by atoms with Gasteiger partial charge in [0.25, 0.3) is 0 Å². The van der Waals surface area contributed by atoms with Crippen LogP contribution in [-0.4, -0.2) is 39.5 Å². The number of hydrogen-bond donors (Lipinski definition) is 1. The third-order valence-electron chi connectivity index (χ3n) is 4.87. The number of nitrogens with one attached hydrogen (secondary N) is 1. The first-order valence-corrected chi connectivity index (χ1v) is 12.5. The Kier molecular flexibility index (Phi) is 7.57. The molecular weight excluding hydrogens is 515 g/mol. The minimum absolute atomic E-state index is 0.0727. The van der Waals surface area contributed by atoms with E-state index < -0.39 is 5.97 Å². The molecule has 0 fully saturated rings. The molecule has 2 aromatic carbocycles. The topological polar surface area (TPSA) is 86.1 Å². The number of ether oxygens (including phenoxy) is 1. The summed E-state index contributed by atoms with van der Waals surface area (Å²) in [6, 6.07) is 14.4. The van der Waals surface area contributed by atoms with Gasteiger partial charge in [-0.05, 0) is 29.8 Å². The van der Waals surface area contributed by atoms with Crippen LogP contribution in [0.1, 0.15) is 10.4 Å². The van der Waals surface area contributed by atoms with Crippen LogP contribution in [0.5, 0.6) is 0 Å². The molecule has 1 N–H and O–H groups in total. The van der Waals surface area contributed by atoms with E-state index in [1.165, 1.54) is 30.2 Å². The van der Waals surface area contributed by atoms with Gasteiger partial charge in [0.05, 0.1) is 17.9 Å². The Bertz CT molecular complexity index is 1350. The highest BCUT2D eigenvalue weighted by Gasteiger charge is 2.23. The number of thiophene rings is 1. The number of esters is 1. The predicted octanol–water partition coefficient (Wildman–Crippen LogP) is 6.03. The number of aromatic nitrogens is 3. The van der Waals surface area contributed by atoms with Gasteiger partial charge in [-0.25, -0.2) is 4.79 Å². The van der Waals surface area contributed by atoms with Gasteiger partial charge in [0.2, 0.25) is 5.91 Å². The molecule has 34 heavy (non-hydrogen) atoms. The van der Waals surface area contributed by atoms with E-state index in [0.29, 0.717) is 37.2 Å². The van der Waals surface area contributed by atoms with E-state index in [4.69, 9.17) is 27.9 Å². The van der Waals surface area contributed by atoms with Crippen LogP contribution in [0.2, 0.25) is 10.0 Å². The molecule has 7 nitrogen and oxygen atoms in total. The summed E-state index contributed by atoms with van der Waals surface area (Å²) < 4.78 is 6.74. The first kappa shape index (κ1) is 24.3. The van der Waals surface area contributed by atoms with Crippen molar-refractivity contribution in [2.45, 2.75) is 5.16 Å². The van der Waals surface area contributed by atoms with Gasteiger partial charge in [0.1, 0.15) is 10.6 Å². The second-order valence-electron chi connectivity index (χ2n) is 7.03. The number of carbonyl (C=O) groups is 2. The molecule has 4 aromatic rings. The highest BCUT2D eigenvalue weighted by Crippen LogP contribution is 2.37. The fraction of sp³-hybridized carbons (Fsp3) is 0.130. The molecule has 0 saturated heterocycles. The molecule has 0 bridgehead atoms. The lowest BCUT2D eigenvalue weighted by atomic mass is 10.0. The van der Waals surface area contributed by atoms with Gasteiger partial charge in [-0.2, -0.15) is 0 Å². The predicted molar refractivity (Wildman–Crippen MR) is 137 cm³/mol. The fourth-order valence-corrected chi connectivity index (χ4v) is 5.24. The van der Waals surface area contributed by atoms with Crippen LogP contribution in [0, 0.1) is 0 Å². The number of rotatable bonds is 7. The van der Waals surface area contributed by atoms with Crippen molar-refractivity contribution < 1.29 is 14.3 Å². The third-order valence-corrected chi connectivity index (χ3v) is 7.37. The van der Waals surface area contributed by atoms with Gasteiger partial charge >= 0.3 is 5.97 Å². The molecule has 0 radical (unpaired) electrons.